The van der Waals surface area contributed by atoms with E-state index < -0.39 is 0 Å². The van der Waals surface area contributed by atoms with Crippen LogP contribution in [0.15, 0.2) is 29.1 Å². The Balaban J connectivity index is 1.50. The van der Waals surface area contributed by atoms with Crippen molar-refractivity contribution in [2.45, 2.75) is 32.6 Å². The topological polar surface area (TPSA) is 52.2 Å². The summed E-state index contributed by atoms with van der Waals surface area (Å²) in [6.45, 7) is 5.79. The second-order valence-corrected chi connectivity index (χ2v) is 6.83. The molecule has 1 aliphatic heterocycles. The van der Waals surface area contributed by atoms with Gasteiger partial charge in [0.15, 0.2) is 0 Å². The van der Waals surface area contributed by atoms with Crippen molar-refractivity contribution in [3.63, 3.8) is 0 Å². The standard InChI is InChI=1S/C19H24N4O/c1-14-5-4-6-15(13-14)22-9-11-23(12-10-22)19-20-17-8-3-2-7-16(17)18(24)21-19/h4-6,13H,2-3,7-12H2,1H3,(H,20,21,24). The second-order valence-electron chi connectivity index (χ2n) is 6.83. The van der Waals surface area contributed by atoms with Crippen molar-refractivity contribution in [2.75, 3.05) is 36.0 Å². The van der Waals surface area contributed by atoms with Crippen molar-refractivity contribution in [3.05, 3.63) is 51.4 Å². The lowest BCUT2D eigenvalue weighted by Crippen LogP contribution is -2.47. The highest BCUT2D eigenvalue weighted by Gasteiger charge is 2.22. The van der Waals surface area contributed by atoms with Gasteiger partial charge in [-0.1, -0.05) is 12.1 Å². The summed E-state index contributed by atoms with van der Waals surface area (Å²) in [5, 5.41) is 0. The van der Waals surface area contributed by atoms with Gasteiger partial charge in [0.25, 0.3) is 5.56 Å². The van der Waals surface area contributed by atoms with Crippen molar-refractivity contribution in [2.24, 2.45) is 0 Å². The van der Waals surface area contributed by atoms with Gasteiger partial charge in [-0.05, 0) is 50.3 Å². The highest BCUT2D eigenvalue weighted by molar-refractivity contribution is 5.50. The number of nitrogens with zero attached hydrogens (tertiary/aromatic N) is 3. The first kappa shape index (κ1) is 15.2. The van der Waals surface area contributed by atoms with Crippen LogP contribution in [0.1, 0.15) is 29.7 Å². The van der Waals surface area contributed by atoms with Gasteiger partial charge in [0, 0.05) is 37.4 Å². The van der Waals surface area contributed by atoms with E-state index in [-0.39, 0.29) is 5.56 Å². The first-order chi connectivity index (χ1) is 11.7. The van der Waals surface area contributed by atoms with E-state index in [9.17, 15) is 4.79 Å². The quantitative estimate of drug-likeness (QED) is 0.921. The number of piperazine rings is 1. The monoisotopic (exact) mass is 324 g/mol. The van der Waals surface area contributed by atoms with E-state index in [1.807, 2.05) is 0 Å². The number of hydrogen-bond acceptors (Lipinski definition) is 4. The van der Waals surface area contributed by atoms with E-state index in [4.69, 9.17) is 4.98 Å². The van der Waals surface area contributed by atoms with E-state index in [2.05, 4.69) is 46.0 Å². The number of aryl methyl sites for hydroxylation is 2. The number of aromatic amines is 1. The molecule has 1 aromatic heterocycles. The molecule has 4 rings (SSSR count). The summed E-state index contributed by atoms with van der Waals surface area (Å²) < 4.78 is 0. The van der Waals surface area contributed by atoms with Crippen LogP contribution in [0.25, 0.3) is 0 Å². The summed E-state index contributed by atoms with van der Waals surface area (Å²) in [6.07, 6.45) is 4.06. The van der Waals surface area contributed by atoms with Crippen LogP contribution in [-0.4, -0.2) is 36.1 Å². The molecule has 5 nitrogen and oxygen atoms in total. The molecule has 0 saturated carbocycles. The first-order valence-electron chi connectivity index (χ1n) is 8.89. The average molecular weight is 324 g/mol. The first-order valence-corrected chi connectivity index (χ1v) is 8.89. The molecule has 2 aromatic rings. The van der Waals surface area contributed by atoms with Gasteiger partial charge in [-0.3, -0.25) is 9.78 Å². The fraction of sp³-hybridized carbons (Fsp3) is 0.474. The Labute approximate surface area is 142 Å². The summed E-state index contributed by atoms with van der Waals surface area (Å²) in [4.78, 5) is 24.7. The molecule has 0 spiro atoms. The molecule has 0 bridgehead atoms. The average Bonchev–Trinajstić information content (AvgIpc) is 2.62. The number of H-pyrrole nitrogens is 1. The Kier molecular flexibility index (Phi) is 4.00. The number of rotatable bonds is 2. The number of nitrogens with one attached hydrogen (secondary N) is 1. The van der Waals surface area contributed by atoms with Crippen LogP contribution >= 0.6 is 0 Å². The van der Waals surface area contributed by atoms with Crippen molar-refractivity contribution < 1.29 is 0 Å². The Morgan fingerprint density at radius 1 is 1.04 bits per heavy atom. The molecule has 1 N–H and O–H groups in total. The van der Waals surface area contributed by atoms with Crippen molar-refractivity contribution in [1.82, 2.24) is 9.97 Å². The molecule has 0 unspecified atom stereocenters. The molecule has 1 saturated heterocycles. The number of benzene rings is 1. The largest absolute Gasteiger partial charge is 0.368 e. The molecule has 0 amide bonds. The van der Waals surface area contributed by atoms with Crippen LogP contribution in [0.5, 0.6) is 0 Å². The van der Waals surface area contributed by atoms with Gasteiger partial charge in [-0.2, -0.15) is 0 Å². The molecular formula is C19H24N4O. The zero-order valence-electron chi connectivity index (χ0n) is 14.2. The van der Waals surface area contributed by atoms with Crippen molar-refractivity contribution in [3.8, 4) is 0 Å². The molecule has 0 atom stereocenters. The summed E-state index contributed by atoms with van der Waals surface area (Å²) >= 11 is 0. The molecule has 5 heteroatoms. The van der Waals surface area contributed by atoms with Gasteiger partial charge < -0.3 is 9.80 Å². The molecule has 1 aromatic carbocycles. The van der Waals surface area contributed by atoms with Crippen LogP contribution in [0.4, 0.5) is 11.6 Å². The lowest BCUT2D eigenvalue weighted by Gasteiger charge is -2.36. The van der Waals surface area contributed by atoms with Gasteiger partial charge in [-0.25, -0.2) is 4.98 Å². The fourth-order valence-corrected chi connectivity index (χ4v) is 3.74. The van der Waals surface area contributed by atoms with Crippen molar-refractivity contribution >= 4 is 11.6 Å². The van der Waals surface area contributed by atoms with E-state index in [0.29, 0.717) is 0 Å². The zero-order chi connectivity index (χ0) is 16.5. The molecule has 1 fully saturated rings. The smallest absolute Gasteiger partial charge is 0.255 e. The van der Waals surface area contributed by atoms with Crippen LogP contribution in [0, 0.1) is 6.92 Å². The van der Waals surface area contributed by atoms with Crippen LogP contribution < -0.4 is 15.4 Å². The number of aromatic nitrogens is 2. The Bertz CT molecular complexity index is 790. The van der Waals surface area contributed by atoms with E-state index in [1.165, 1.54) is 11.3 Å². The predicted molar refractivity (Wildman–Crippen MR) is 97.1 cm³/mol. The van der Waals surface area contributed by atoms with Crippen molar-refractivity contribution in [1.29, 1.82) is 0 Å². The highest BCUT2D eigenvalue weighted by atomic mass is 16.1. The normalized spacial score (nSPS) is 17.7. The summed E-state index contributed by atoms with van der Waals surface area (Å²) in [6, 6.07) is 8.64. The van der Waals surface area contributed by atoms with Crippen LogP contribution in [0.2, 0.25) is 0 Å². The minimum absolute atomic E-state index is 0.0656. The molecule has 0 radical (unpaired) electrons. The van der Waals surface area contributed by atoms with Crippen LogP contribution in [-0.2, 0) is 12.8 Å². The minimum atomic E-state index is 0.0656. The summed E-state index contributed by atoms with van der Waals surface area (Å²) in [5.74, 6) is 0.754. The second kappa shape index (κ2) is 6.30. The zero-order valence-corrected chi connectivity index (χ0v) is 14.2. The lowest BCUT2D eigenvalue weighted by molar-refractivity contribution is 0.620. The highest BCUT2D eigenvalue weighted by Crippen LogP contribution is 2.21. The van der Waals surface area contributed by atoms with E-state index >= 15 is 0 Å². The number of fused-ring (bicyclic) bond motifs is 1. The van der Waals surface area contributed by atoms with Gasteiger partial charge in [0.05, 0.1) is 5.69 Å². The third-order valence-electron chi connectivity index (χ3n) is 5.12. The van der Waals surface area contributed by atoms with Gasteiger partial charge in [0.1, 0.15) is 0 Å². The SMILES string of the molecule is Cc1cccc(N2CCN(c3nc4c(c(=O)[nH]3)CCCC4)CC2)c1. The van der Waals surface area contributed by atoms with E-state index in [0.717, 1.165) is 69.1 Å². The fourth-order valence-electron chi connectivity index (χ4n) is 3.74. The van der Waals surface area contributed by atoms with Gasteiger partial charge >= 0.3 is 0 Å². The molecule has 2 aliphatic rings. The van der Waals surface area contributed by atoms with Gasteiger partial charge in [-0.15, -0.1) is 0 Å². The Hall–Kier alpha value is -2.30. The lowest BCUT2D eigenvalue weighted by atomic mass is 9.97. The minimum Gasteiger partial charge on any atom is -0.368 e. The molecule has 126 valence electrons. The van der Waals surface area contributed by atoms with Crippen LogP contribution in [0.3, 0.4) is 0 Å². The third kappa shape index (κ3) is 2.90. The Morgan fingerprint density at radius 3 is 2.58 bits per heavy atom. The summed E-state index contributed by atoms with van der Waals surface area (Å²) in [7, 11) is 0. The van der Waals surface area contributed by atoms with Gasteiger partial charge in [0.2, 0.25) is 5.95 Å². The summed E-state index contributed by atoms with van der Waals surface area (Å²) in [5.41, 5.74) is 4.55. The molecule has 2 heterocycles. The maximum Gasteiger partial charge on any atom is 0.255 e. The maximum atomic E-state index is 12.3. The Morgan fingerprint density at radius 2 is 1.79 bits per heavy atom. The molecule has 1 aliphatic carbocycles. The predicted octanol–water partition coefficient (Wildman–Crippen LogP) is 2.28. The third-order valence-corrected chi connectivity index (χ3v) is 5.12. The number of anilines is 2. The van der Waals surface area contributed by atoms with E-state index in [1.54, 1.807) is 0 Å². The molecular weight excluding hydrogens is 300 g/mol. The molecule has 24 heavy (non-hydrogen) atoms. The number of hydrogen-bond donors (Lipinski definition) is 1. The maximum absolute atomic E-state index is 12.3.